The monoisotopic (exact) mass is 547 g/mol. The first kappa shape index (κ1) is 27.3. The summed E-state index contributed by atoms with van der Waals surface area (Å²) in [5.41, 5.74) is 8.66. The van der Waals surface area contributed by atoms with Crippen LogP contribution in [0, 0.1) is 5.92 Å². The van der Waals surface area contributed by atoms with E-state index in [2.05, 4.69) is 16.0 Å². The Morgan fingerprint density at radius 1 is 1.23 bits per heavy atom. The van der Waals surface area contributed by atoms with Crippen LogP contribution >= 0.6 is 11.6 Å². The first-order valence-corrected chi connectivity index (χ1v) is 13.6. The number of aliphatic hydroxyl groups is 2. The summed E-state index contributed by atoms with van der Waals surface area (Å²) in [6, 6.07) is 16.7. The molecule has 3 heterocycles. The number of rotatable bonds is 6. The Morgan fingerprint density at radius 3 is 2.72 bits per heavy atom. The molecule has 0 radical (unpaired) electrons. The van der Waals surface area contributed by atoms with Gasteiger partial charge < -0.3 is 25.6 Å². The Labute approximate surface area is 233 Å². The molecule has 0 bridgehead atoms. The topological polar surface area (TPSA) is 109 Å². The van der Waals surface area contributed by atoms with Crippen molar-refractivity contribution >= 4 is 23.1 Å². The Hall–Kier alpha value is -3.23. The minimum absolute atomic E-state index is 0.359. The number of primary amides is 1. The number of aromatic nitrogens is 1. The van der Waals surface area contributed by atoms with Gasteiger partial charge in [-0.25, -0.2) is 0 Å². The molecule has 7 nitrogen and oxygen atoms in total. The van der Waals surface area contributed by atoms with Gasteiger partial charge in [-0.2, -0.15) is 0 Å². The summed E-state index contributed by atoms with van der Waals surface area (Å²) in [6.07, 6.45) is 5.01. The Balaban J connectivity index is 1.40. The maximum absolute atomic E-state index is 12.5. The van der Waals surface area contributed by atoms with Gasteiger partial charge in [-0.3, -0.25) is 9.78 Å². The number of carbonyl (C=O) groups is 1. The molecule has 4 N–H and O–H groups in total. The standard InChI is InChI=1S/C31H34ClN3O4/c1-30(2,37)21-9-12-28-25(17-21)23(24-5-3-14-34-27(24)19-39-28)6-4-15-35-16-13-31(38,26(18-35)29(33)36)20-7-10-22(32)11-8-20/h3,5-12,14,17,26,37-38H,4,13,15-16,18-19H2,1-2H3,(H2,33,36). The van der Waals surface area contributed by atoms with Gasteiger partial charge in [-0.05, 0) is 73.7 Å². The normalized spacial score (nSPS) is 22.5. The van der Waals surface area contributed by atoms with Crippen molar-refractivity contribution in [3.8, 4) is 5.75 Å². The van der Waals surface area contributed by atoms with Crippen LogP contribution in [0.1, 0.15) is 54.6 Å². The fourth-order valence-corrected chi connectivity index (χ4v) is 5.69. The number of nitrogens with zero attached hydrogens (tertiary/aromatic N) is 2. The van der Waals surface area contributed by atoms with Crippen molar-refractivity contribution in [3.63, 3.8) is 0 Å². The van der Waals surface area contributed by atoms with Crippen molar-refractivity contribution in [1.82, 2.24) is 9.88 Å². The largest absolute Gasteiger partial charge is 0.487 e. The smallest absolute Gasteiger partial charge is 0.225 e. The van der Waals surface area contributed by atoms with E-state index < -0.39 is 23.0 Å². The highest BCUT2D eigenvalue weighted by molar-refractivity contribution is 6.30. The van der Waals surface area contributed by atoms with E-state index in [1.54, 1.807) is 44.3 Å². The van der Waals surface area contributed by atoms with Crippen molar-refractivity contribution in [2.24, 2.45) is 11.7 Å². The molecule has 2 aliphatic rings. The summed E-state index contributed by atoms with van der Waals surface area (Å²) in [5.74, 6) is -0.525. The van der Waals surface area contributed by atoms with Crippen LogP contribution in [0.15, 0.2) is 66.9 Å². The molecule has 0 aliphatic carbocycles. The number of halogens is 1. The van der Waals surface area contributed by atoms with Crippen LogP contribution in [0.3, 0.4) is 0 Å². The molecule has 0 spiro atoms. The number of carbonyl (C=O) groups excluding carboxylic acids is 1. The van der Waals surface area contributed by atoms with Crippen LogP contribution in [0.4, 0.5) is 0 Å². The number of amides is 1. The zero-order valence-electron chi connectivity index (χ0n) is 22.2. The summed E-state index contributed by atoms with van der Waals surface area (Å²) in [4.78, 5) is 19.2. The third kappa shape index (κ3) is 5.58. The molecule has 1 fully saturated rings. The van der Waals surface area contributed by atoms with Crippen LogP contribution in [0.5, 0.6) is 5.75 Å². The highest BCUT2D eigenvalue weighted by Gasteiger charge is 2.45. The van der Waals surface area contributed by atoms with Gasteiger partial charge in [0, 0.05) is 42.0 Å². The second-order valence-corrected chi connectivity index (χ2v) is 11.3. The molecule has 2 atom stereocenters. The molecule has 2 aromatic carbocycles. The summed E-state index contributed by atoms with van der Waals surface area (Å²) < 4.78 is 6.10. The molecule has 2 aliphatic heterocycles. The molecule has 1 amide bonds. The van der Waals surface area contributed by atoms with Crippen molar-refractivity contribution in [1.29, 1.82) is 0 Å². The number of nitrogens with two attached hydrogens (primary N) is 1. The van der Waals surface area contributed by atoms with Crippen LogP contribution in [-0.2, 0) is 22.6 Å². The number of ether oxygens (including phenoxy) is 1. The van der Waals surface area contributed by atoms with E-state index in [9.17, 15) is 15.0 Å². The van der Waals surface area contributed by atoms with E-state index in [0.717, 1.165) is 33.7 Å². The summed E-state index contributed by atoms with van der Waals surface area (Å²) >= 11 is 6.03. The zero-order valence-corrected chi connectivity index (χ0v) is 23.0. The number of hydrogen-bond donors (Lipinski definition) is 3. The number of piperidine rings is 1. The summed E-state index contributed by atoms with van der Waals surface area (Å²) in [5, 5.41) is 22.8. The summed E-state index contributed by atoms with van der Waals surface area (Å²) in [6.45, 7) is 5.55. The third-order valence-electron chi connectivity index (χ3n) is 7.83. The zero-order chi connectivity index (χ0) is 27.8. The predicted molar refractivity (Wildman–Crippen MR) is 151 cm³/mol. The SMILES string of the molecule is CC(C)(O)c1ccc2c(c1)C(=CCCN1CCC(O)(c3ccc(Cl)cc3)C(C(N)=O)C1)c1cccnc1CO2. The van der Waals surface area contributed by atoms with Crippen LogP contribution in [0.25, 0.3) is 5.57 Å². The molecule has 1 saturated heterocycles. The van der Waals surface area contributed by atoms with E-state index in [1.165, 1.54) is 0 Å². The number of benzene rings is 2. The lowest BCUT2D eigenvalue weighted by Crippen LogP contribution is -2.54. The maximum atomic E-state index is 12.5. The maximum Gasteiger partial charge on any atom is 0.225 e. The van der Waals surface area contributed by atoms with Gasteiger partial charge in [0.25, 0.3) is 0 Å². The molecular formula is C31H34ClN3O4. The second-order valence-electron chi connectivity index (χ2n) is 10.9. The lowest BCUT2D eigenvalue weighted by Gasteiger charge is -2.43. The number of likely N-dealkylation sites (tertiary alicyclic amines) is 1. The molecule has 5 rings (SSSR count). The Bertz CT molecular complexity index is 1400. The quantitative estimate of drug-likeness (QED) is 0.423. The first-order valence-electron chi connectivity index (χ1n) is 13.2. The van der Waals surface area contributed by atoms with Gasteiger partial charge in [0.1, 0.15) is 18.0 Å². The molecule has 204 valence electrons. The van der Waals surface area contributed by atoms with Gasteiger partial charge >= 0.3 is 0 Å². The van der Waals surface area contributed by atoms with E-state index in [4.69, 9.17) is 22.1 Å². The third-order valence-corrected chi connectivity index (χ3v) is 8.08. The van der Waals surface area contributed by atoms with Crippen molar-refractivity contribution < 1.29 is 19.7 Å². The van der Waals surface area contributed by atoms with E-state index in [0.29, 0.717) is 49.7 Å². The number of hydrogen-bond acceptors (Lipinski definition) is 6. The molecule has 39 heavy (non-hydrogen) atoms. The second kappa shape index (κ2) is 10.7. The van der Waals surface area contributed by atoms with Gasteiger partial charge in [0.15, 0.2) is 0 Å². The predicted octanol–water partition coefficient (Wildman–Crippen LogP) is 4.37. The molecule has 2 unspecified atom stereocenters. The van der Waals surface area contributed by atoms with Gasteiger partial charge in [-0.1, -0.05) is 41.9 Å². The van der Waals surface area contributed by atoms with Crippen molar-refractivity contribution in [3.05, 3.63) is 99.8 Å². The Kier molecular flexibility index (Phi) is 7.53. The number of fused-ring (bicyclic) bond motifs is 2. The highest BCUT2D eigenvalue weighted by atomic mass is 35.5. The van der Waals surface area contributed by atoms with Crippen LogP contribution in [0.2, 0.25) is 5.02 Å². The summed E-state index contributed by atoms with van der Waals surface area (Å²) in [7, 11) is 0. The van der Waals surface area contributed by atoms with Gasteiger partial charge in [-0.15, -0.1) is 0 Å². The molecule has 0 saturated carbocycles. The van der Waals surface area contributed by atoms with Gasteiger partial charge in [0.2, 0.25) is 5.91 Å². The molecule has 8 heteroatoms. The van der Waals surface area contributed by atoms with E-state index in [-0.39, 0.29) is 0 Å². The minimum atomic E-state index is -1.33. The van der Waals surface area contributed by atoms with Crippen molar-refractivity contribution in [2.75, 3.05) is 19.6 Å². The number of pyridine rings is 1. The lowest BCUT2D eigenvalue weighted by molar-refractivity contribution is -0.140. The van der Waals surface area contributed by atoms with Crippen LogP contribution in [-0.4, -0.2) is 45.6 Å². The highest BCUT2D eigenvalue weighted by Crippen LogP contribution is 2.40. The Morgan fingerprint density at radius 2 is 2.00 bits per heavy atom. The molecule has 3 aromatic rings. The fourth-order valence-electron chi connectivity index (χ4n) is 5.56. The van der Waals surface area contributed by atoms with Crippen LogP contribution < -0.4 is 10.5 Å². The average molecular weight is 548 g/mol. The fraction of sp³-hybridized carbons (Fsp3) is 0.355. The first-order chi connectivity index (χ1) is 18.6. The average Bonchev–Trinajstić information content (AvgIpc) is 3.06. The lowest BCUT2D eigenvalue weighted by atomic mass is 9.75. The van der Waals surface area contributed by atoms with E-state index >= 15 is 0 Å². The molecular weight excluding hydrogens is 514 g/mol. The van der Waals surface area contributed by atoms with E-state index in [1.807, 2.05) is 30.3 Å². The molecule has 1 aromatic heterocycles. The van der Waals surface area contributed by atoms with Gasteiger partial charge in [0.05, 0.1) is 17.2 Å². The minimum Gasteiger partial charge on any atom is -0.487 e. The van der Waals surface area contributed by atoms with Crippen molar-refractivity contribution in [2.45, 2.75) is 44.5 Å².